The maximum Gasteiger partial charge on any atom is 0.340 e. The highest BCUT2D eigenvalue weighted by Gasteiger charge is 2.35. The lowest BCUT2D eigenvalue weighted by atomic mass is 10.1. The van der Waals surface area contributed by atoms with Crippen LogP contribution in [0.2, 0.25) is 0 Å². The van der Waals surface area contributed by atoms with Crippen molar-refractivity contribution in [2.75, 3.05) is 23.8 Å². The SMILES string of the molecule is CCOC(=O)c1cccc(N(CC2CC2)C2CC2)c1N. The molecule has 4 heteroatoms. The molecule has 108 valence electrons. The van der Waals surface area contributed by atoms with Gasteiger partial charge in [0.25, 0.3) is 0 Å². The lowest BCUT2D eigenvalue weighted by Crippen LogP contribution is -2.29. The predicted octanol–water partition coefficient (Wildman–Crippen LogP) is 2.82. The van der Waals surface area contributed by atoms with E-state index in [4.69, 9.17) is 10.5 Å². The van der Waals surface area contributed by atoms with Crippen LogP contribution >= 0.6 is 0 Å². The Morgan fingerprint density at radius 2 is 2.10 bits per heavy atom. The van der Waals surface area contributed by atoms with Crippen LogP contribution in [0, 0.1) is 5.92 Å². The van der Waals surface area contributed by atoms with Gasteiger partial charge in [-0.1, -0.05) is 6.07 Å². The van der Waals surface area contributed by atoms with Crippen molar-refractivity contribution in [3.63, 3.8) is 0 Å². The standard InChI is InChI=1S/C16H22N2O2/c1-2-20-16(19)13-4-3-5-14(15(13)17)18(12-8-9-12)10-11-6-7-11/h3-5,11-12H,2,6-10,17H2,1H3. The van der Waals surface area contributed by atoms with Crippen molar-refractivity contribution in [2.24, 2.45) is 5.92 Å². The Hall–Kier alpha value is -1.71. The molecule has 2 aliphatic carbocycles. The summed E-state index contributed by atoms with van der Waals surface area (Å²) in [5.74, 6) is 0.482. The highest BCUT2D eigenvalue weighted by atomic mass is 16.5. The molecule has 2 saturated carbocycles. The van der Waals surface area contributed by atoms with Crippen LogP contribution in [0.5, 0.6) is 0 Å². The van der Waals surface area contributed by atoms with Gasteiger partial charge in [0.1, 0.15) is 0 Å². The normalized spacial score (nSPS) is 17.9. The number of hydrogen-bond donors (Lipinski definition) is 1. The van der Waals surface area contributed by atoms with Crippen LogP contribution in [-0.2, 0) is 4.74 Å². The first-order chi connectivity index (χ1) is 9.70. The lowest BCUT2D eigenvalue weighted by molar-refractivity contribution is 0.0527. The number of anilines is 2. The van der Waals surface area contributed by atoms with Crippen LogP contribution in [0.15, 0.2) is 18.2 Å². The van der Waals surface area contributed by atoms with Gasteiger partial charge in [-0.25, -0.2) is 4.79 Å². The summed E-state index contributed by atoms with van der Waals surface area (Å²) in [6.45, 7) is 3.25. The van der Waals surface area contributed by atoms with Crippen molar-refractivity contribution >= 4 is 17.3 Å². The zero-order chi connectivity index (χ0) is 14.1. The molecular formula is C16H22N2O2. The smallest absolute Gasteiger partial charge is 0.340 e. The number of nitrogens with zero attached hydrogens (tertiary/aromatic N) is 1. The van der Waals surface area contributed by atoms with Gasteiger partial charge in [0, 0.05) is 12.6 Å². The third-order valence-electron chi connectivity index (χ3n) is 4.03. The maximum absolute atomic E-state index is 11.9. The maximum atomic E-state index is 11.9. The molecule has 4 nitrogen and oxygen atoms in total. The van der Waals surface area contributed by atoms with Gasteiger partial charge < -0.3 is 15.4 Å². The molecule has 0 amide bonds. The summed E-state index contributed by atoms with van der Waals surface area (Å²) in [7, 11) is 0. The number of esters is 1. The Bertz CT molecular complexity index is 507. The van der Waals surface area contributed by atoms with E-state index in [1.54, 1.807) is 6.07 Å². The molecule has 1 aromatic carbocycles. The van der Waals surface area contributed by atoms with E-state index in [-0.39, 0.29) is 5.97 Å². The first-order valence-corrected chi connectivity index (χ1v) is 7.53. The second kappa shape index (κ2) is 5.35. The van der Waals surface area contributed by atoms with Gasteiger partial charge in [-0.2, -0.15) is 0 Å². The molecule has 3 rings (SSSR count). The van der Waals surface area contributed by atoms with Gasteiger partial charge in [0.2, 0.25) is 0 Å². The van der Waals surface area contributed by atoms with Crippen molar-refractivity contribution < 1.29 is 9.53 Å². The average molecular weight is 274 g/mol. The van der Waals surface area contributed by atoms with Crippen LogP contribution in [0.1, 0.15) is 43.0 Å². The molecule has 2 fully saturated rings. The van der Waals surface area contributed by atoms with Gasteiger partial charge >= 0.3 is 5.97 Å². The molecule has 0 atom stereocenters. The Labute approximate surface area is 119 Å². The van der Waals surface area contributed by atoms with E-state index < -0.39 is 0 Å². The second-order valence-corrected chi connectivity index (χ2v) is 5.79. The topological polar surface area (TPSA) is 55.6 Å². The van der Waals surface area contributed by atoms with Gasteiger partial charge in [-0.3, -0.25) is 0 Å². The number of para-hydroxylation sites is 1. The molecule has 0 aliphatic heterocycles. The van der Waals surface area contributed by atoms with Crippen molar-refractivity contribution in [3.05, 3.63) is 23.8 Å². The van der Waals surface area contributed by atoms with E-state index in [1.807, 2.05) is 19.1 Å². The molecule has 1 aromatic rings. The molecule has 0 aromatic heterocycles. The third-order valence-corrected chi connectivity index (χ3v) is 4.03. The summed E-state index contributed by atoms with van der Waals surface area (Å²) in [6.07, 6.45) is 5.10. The zero-order valence-corrected chi connectivity index (χ0v) is 12.0. The average Bonchev–Trinajstić information content (AvgIpc) is 3.29. The third kappa shape index (κ3) is 2.74. The van der Waals surface area contributed by atoms with Crippen LogP contribution in [-0.4, -0.2) is 25.2 Å². The van der Waals surface area contributed by atoms with Gasteiger partial charge in [0.15, 0.2) is 0 Å². The van der Waals surface area contributed by atoms with Crippen molar-refractivity contribution in [2.45, 2.75) is 38.6 Å². The number of carbonyl (C=O) groups is 1. The quantitative estimate of drug-likeness (QED) is 0.640. The van der Waals surface area contributed by atoms with E-state index >= 15 is 0 Å². The number of nitrogen functional groups attached to an aromatic ring is 1. The summed E-state index contributed by atoms with van der Waals surface area (Å²) >= 11 is 0. The summed E-state index contributed by atoms with van der Waals surface area (Å²) in [6, 6.07) is 6.29. The number of hydrogen-bond acceptors (Lipinski definition) is 4. The lowest BCUT2D eigenvalue weighted by Gasteiger charge is -2.26. The Kier molecular flexibility index (Phi) is 3.55. The molecule has 0 unspecified atom stereocenters. The molecule has 2 N–H and O–H groups in total. The number of rotatable bonds is 6. The fourth-order valence-electron chi connectivity index (χ4n) is 2.60. The van der Waals surface area contributed by atoms with Crippen molar-refractivity contribution in [3.8, 4) is 0 Å². The van der Waals surface area contributed by atoms with Crippen LogP contribution in [0.3, 0.4) is 0 Å². The van der Waals surface area contributed by atoms with E-state index in [2.05, 4.69) is 4.90 Å². The van der Waals surface area contributed by atoms with Crippen LogP contribution in [0.4, 0.5) is 11.4 Å². The highest BCUT2D eigenvalue weighted by Crippen LogP contribution is 2.40. The van der Waals surface area contributed by atoms with Crippen molar-refractivity contribution in [1.82, 2.24) is 0 Å². The highest BCUT2D eigenvalue weighted by molar-refractivity contribution is 5.98. The predicted molar refractivity (Wildman–Crippen MR) is 79.9 cm³/mol. The fraction of sp³-hybridized carbons (Fsp3) is 0.562. The van der Waals surface area contributed by atoms with E-state index in [0.717, 1.165) is 18.2 Å². The van der Waals surface area contributed by atoms with Gasteiger partial charge in [0.05, 0.1) is 23.5 Å². The molecule has 0 bridgehead atoms. The van der Waals surface area contributed by atoms with E-state index in [1.165, 1.54) is 25.7 Å². The first kappa shape index (κ1) is 13.3. The molecule has 0 saturated heterocycles. The first-order valence-electron chi connectivity index (χ1n) is 7.53. The minimum atomic E-state index is -0.325. The molecule has 0 heterocycles. The molecule has 0 radical (unpaired) electrons. The number of carbonyl (C=O) groups excluding carboxylic acids is 1. The zero-order valence-electron chi connectivity index (χ0n) is 12.0. The summed E-state index contributed by atoms with van der Waals surface area (Å²) in [5, 5.41) is 0. The Balaban J connectivity index is 1.87. The fourth-order valence-corrected chi connectivity index (χ4v) is 2.60. The summed E-state index contributed by atoms with van der Waals surface area (Å²) in [4.78, 5) is 14.3. The minimum absolute atomic E-state index is 0.325. The molecule has 2 aliphatic rings. The van der Waals surface area contributed by atoms with E-state index in [0.29, 0.717) is 23.9 Å². The molecule has 0 spiro atoms. The number of nitrogens with two attached hydrogens (primary N) is 1. The largest absolute Gasteiger partial charge is 0.462 e. The summed E-state index contributed by atoms with van der Waals surface area (Å²) < 4.78 is 5.08. The van der Waals surface area contributed by atoms with Crippen LogP contribution in [0.25, 0.3) is 0 Å². The second-order valence-electron chi connectivity index (χ2n) is 5.79. The number of benzene rings is 1. The number of ether oxygens (including phenoxy) is 1. The Morgan fingerprint density at radius 1 is 1.35 bits per heavy atom. The van der Waals surface area contributed by atoms with Gasteiger partial charge in [-0.15, -0.1) is 0 Å². The van der Waals surface area contributed by atoms with E-state index in [9.17, 15) is 4.79 Å². The van der Waals surface area contributed by atoms with Gasteiger partial charge in [-0.05, 0) is 50.7 Å². The summed E-state index contributed by atoms with van der Waals surface area (Å²) in [5.41, 5.74) is 8.30. The van der Waals surface area contributed by atoms with Crippen LogP contribution < -0.4 is 10.6 Å². The minimum Gasteiger partial charge on any atom is -0.462 e. The Morgan fingerprint density at radius 3 is 2.70 bits per heavy atom. The molecular weight excluding hydrogens is 252 g/mol. The monoisotopic (exact) mass is 274 g/mol. The molecule has 20 heavy (non-hydrogen) atoms. The van der Waals surface area contributed by atoms with Crippen molar-refractivity contribution in [1.29, 1.82) is 0 Å².